The van der Waals surface area contributed by atoms with E-state index in [9.17, 15) is 9.90 Å². The number of ether oxygens (including phenoxy) is 1. The molecule has 0 amide bonds. The number of aliphatic hydroxyl groups is 1. The topological polar surface area (TPSA) is 84.3 Å². The molecule has 2 atom stereocenters. The molecule has 0 saturated heterocycles. The molecular formula is C12H17N3O3. The van der Waals surface area contributed by atoms with Gasteiger partial charge in [-0.05, 0) is 12.5 Å². The average molecular weight is 251 g/mol. The molecule has 0 radical (unpaired) electrons. The lowest BCUT2D eigenvalue weighted by Crippen LogP contribution is -2.57. The van der Waals surface area contributed by atoms with Crippen LogP contribution in [-0.2, 0) is 4.74 Å². The molecule has 18 heavy (non-hydrogen) atoms. The van der Waals surface area contributed by atoms with Crippen molar-refractivity contribution < 1.29 is 14.6 Å². The minimum Gasteiger partial charge on any atom is -0.463 e. The molecule has 0 spiro atoms. The quantitative estimate of drug-likeness (QED) is 0.774. The molecular weight excluding hydrogens is 234 g/mol. The molecule has 1 aromatic heterocycles. The zero-order valence-electron chi connectivity index (χ0n) is 10.7. The van der Waals surface area contributed by atoms with Gasteiger partial charge in [-0.15, -0.1) is 0 Å². The number of anilines is 1. The number of methoxy groups -OCH3 is 1. The fourth-order valence-electron chi connectivity index (χ4n) is 1.95. The number of carbonyl (C=O) groups is 1. The van der Waals surface area contributed by atoms with Gasteiger partial charge in [-0.25, -0.2) is 14.8 Å². The van der Waals surface area contributed by atoms with Gasteiger partial charge in [0, 0.05) is 17.7 Å². The van der Waals surface area contributed by atoms with Gasteiger partial charge in [0.15, 0.2) is 0 Å². The molecule has 6 nitrogen and oxygen atoms in total. The van der Waals surface area contributed by atoms with Crippen LogP contribution < -0.4 is 5.32 Å². The maximum atomic E-state index is 11.3. The monoisotopic (exact) mass is 251 g/mol. The molecule has 2 rings (SSSR count). The van der Waals surface area contributed by atoms with Crippen LogP contribution in [0, 0.1) is 5.41 Å². The first-order valence-electron chi connectivity index (χ1n) is 5.81. The van der Waals surface area contributed by atoms with E-state index < -0.39 is 5.97 Å². The van der Waals surface area contributed by atoms with Crippen LogP contribution in [0.4, 0.5) is 5.82 Å². The highest BCUT2D eigenvalue weighted by Crippen LogP contribution is 2.41. The van der Waals surface area contributed by atoms with Crippen LogP contribution in [0.1, 0.15) is 30.9 Å². The summed E-state index contributed by atoms with van der Waals surface area (Å²) in [4.78, 5) is 19.2. The molecule has 0 aromatic carbocycles. The van der Waals surface area contributed by atoms with Crippen LogP contribution in [0.25, 0.3) is 0 Å². The maximum absolute atomic E-state index is 11.3. The Morgan fingerprint density at radius 3 is 2.89 bits per heavy atom. The SMILES string of the molecule is COC(=O)c1nccc(NC2CC(O)C2(C)C)n1. The molecule has 1 fully saturated rings. The smallest absolute Gasteiger partial charge is 0.376 e. The number of nitrogens with one attached hydrogen (secondary N) is 1. The standard InChI is InChI=1S/C12H17N3O3/c1-12(2)7(6-8(12)16)14-9-4-5-13-10(15-9)11(17)18-3/h4-5,7-8,16H,6H2,1-3H3,(H,13,14,15). The highest BCUT2D eigenvalue weighted by atomic mass is 16.5. The van der Waals surface area contributed by atoms with Crippen molar-refractivity contribution in [1.82, 2.24) is 9.97 Å². The van der Waals surface area contributed by atoms with Crippen LogP contribution in [-0.4, -0.2) is 40.3 Å². The van der Waals surface area contributed by atoms with Crippen molar-refractivity contribution in [2.24, 2.45) is 5.41 Å². The molecule has 1 aliphatic carbocycles. The van der Waals surface area contributed by atoms with Crippen LogP contribution in [0.2, 0.25) is 0 Å². The van der Waals surface area contributed by atoms with Crippen LogP contribution in [0.3, 0.4) is 0 Å². The summed E-state index contributed by atoms with van der Waals surface area (Å²) in [6, 6.07) is 1.82. The van der Waals surface area contributed by atoms with Crippen molar-refractivity contribution in [3.05, 3.63) is 18.1 Å². The molecule has 1 heterocycles. The lowest BCUT2D eigenvalue weighted by molar-refractivity contribution is -0.0511. The van der Waals surface area contributed by atoms with Gasteiger partial charge in [0.1, 0.15) is 5.82 Å². The summed E-state index contributed by atoms with van der Waals surface area (Å²) in [6.45, 7) is 3.97. The largest absolute Gasteiger partial charge is 0.463 e. The molecule has 2 unspecified atom stereocenters. The molecule has 98 valence electrons. The third-order valence-corrected chi connectivity index (χ3v) is 3.56. The molecule has 0 bridgehead atoms. The summed E-state index contributed by atoms with van der Waals surface area (Å²) in [5, 5.41) is 12.9. The molecule has 1 aromatic rings. The Bertz CT molecular complexity index is 462. The van der Waals surface area contributed by atoms with E-state index in [2.05, 4.69) is 20.0 Å². The lowest BCUT2D eigenvalue weighted by Gasteiger charge is -2.49. The Balaban J connectivity index is 2.09. The van der Waals surface area contributed by atoms with E-state index in [4.69, 9.17) is 0 Å². The number of hydrogen-bond donors (Lipinski definition) is 2. The highest BCUT2D eigenvalue weighted by Gasteiger charge is 2.47. The number of rotatable bonds is 3. The molecule has 1 saturated carbocycles. The van der Waals surface area contributed by atoms with Crippen molar-refractivity contribution in [3.8, 4) is 0 Å². The van der Waals surface area contributed by atoms with E-state index in [-0.39, 0.29) is 23.4 Å². The third-order valence-electron chi connectivity index (χ3n) is 3.56. The summed E-state index contributed by atoms with van der Waals surface area (Å²) >= 11 is 0. The van der Waals surface area contributed by atoms with Gasteiger partial charge in [-0.1, -0.05) is 13.8 Å². The van der Waals surface area contributed by atoms with E-state index in [0.29, 0.717) is 12.2 Å². The molecule has 6 heteroatoms. The number of esters is 1. The second kappa shape index (κ2) is 4.53. The Hall–Kier alpha value is -1.69. The number of hydrogen-bond acceptors (Lipinski definition) is 6. The third kappa shape index (κ3) is 2.15. The molecule has 2 N–H and O–H groups in total. The lowest BCUT2D eigenvalue weighted by atomic mass is 9.64. The first kappa shape index (κ1) is 12.8. The number of aromatic nitrogens is 2. The van der Waals surface area contributed by atoms with Crippen molar-refractivity contribution in [2.45, 2.75) is 32.4 Å². The van der Waals surface area contributed by atoms with Gasteiger partial charge >= 0.3 is 5.97 Å². The van der Waals surface area contributed by atoms with Gasteiger partial charge in [0.2, 0.25) is 5.82 Å². The van der Waals surface area contributed by atoms with E-state index >= 15 is 0 Å². The Kier molecular flexibility index (Phi) is 3.21. The van der Waals surface area contributed by atoms with Crippen molar-refractivity contribution in [2.75, 3.05) is 12.4 Å². The van der Waals surface area contributed by atoms with Crippen LogP contribution in [0.5, 0.6) is 0 Å². The summed E-state index contributed by atoms with van der Waals surface area (Å²) in [6.07, 6.45) is 1.87. The average Bonchev–Trinajstić information content (AvgIpc) is 2.38. The fraction of sp³-hybridized carbons (Fsp3) is 0.583. The summed E-state index contributed by atoms with van der Waals surface area (Å²) in [5.41, 5.74) is -0.198. The van der Waals surface area contributed by atoms with Crippen LogP contribution in [0.15, 0.2) is 12.3 Å². The number of nitrogens with zero attached hydrogens (tertiary/aromatic N) is 2. The zero-order valence-corrected chi connectivity index (χ0v) is 10.7. The summed E-state index contributed by atoms with van der Waals surface area (Å²) in [5.74, 6) is 0.0297. The zero-order chi connectivity index (χ0) is 13.3. The van der Waals surface area contributed by atoms with Crippen LogP contribution >= 0.6 is 0 Å². The van der Waals surface area contributed by atoms with E-state index in [1.807, 2.05) is 13.8 Å². The van der Waals surface area contributed by atoms with Crippen molar-refractivity contribution >= 4 is 11.8 Å². The van der Waals surface area contributed by atoms with Gasteiger partial charge in [0.25, 0.3) is 0 Å². The fourth-order valence-corrected chi connectivity index (χ4v) is 1.95. The summed E-state index contributed by atoms with van der Waals surface area (Å²) < 4.78 is 4.56. The summed E-state index contributed by atoms with van der Waals surface area (Å²) in [7, 11) is 1.29. The van der Waals surface area contributed by atoms with E-state index in [1.54, 1.807) is 6.07 Å². The molecule has 0 aliphatic heterocycles. The van der Waals surface area contributed by atoms with Crippen molar-refractivity contribution in [3.63, 3.8) is 0 Å². The second-order valence-electron chi connectivity index (χ2n) is 5.03. The van der Waals surface area contributed by atoms with Gasteiger partial charge in [-0.3, -0.25) is 0 Å². The van der Waals surface area contributed by atoms with E-state index in [0.717, 1.165) is 0 Å². The predicted octanol–water partition coefficient (Wildman–Crippen LogP) is 0.835. The predicted molar refractivity (Wildman–Crippen MR) is 65.2 cm³/mol. The Morgan fingerprint density at radius 1 is 1.61 bits per heavy atom. The second-order valence-corrected chi connectivity index (χ2v) is 5.03. The minimum atomic E-state index is -0.563. The van der Waals surface area contributed by atoms with E-state index in [1.165, 1.54) is 13.3 Å². The number of carbonyl (C=O) groups excluding carboxylic acids is 1. The van der Waals surface area contributed by atoms with Gasteiger partial charge < -0.3 is 15.2 Å². The minimum absolute atomic E-state index is 0.0279. The maximum Gasteiger partial charge on any atom is 0.376 e. The Morgan fingerprint density at radius 2 is 2.33 bits per heavy atom. The Labute approximate surface area is 105 Å². The molecule has 1 aliphatic rings. The first-order valence-corrected chi connectivity index (χ1v) is 5.81. The normalized spacial score (nSPS) is 25.1. The highest BCUT2D eigenvalue weighted by molar-refractivity contribution is 5.85. The van der Waals surface area contributed by atoms with Gasteiger partial charge in [-0.2, -0.15) is 0 Å². The first-order chi connectivity index (χ1) is 8.45. The van der Waals surface area contributed by atoms with Gasteiger partial charge in [0.05, 0.1) is 13.2 Å². The van der Waals surface area contributed by atoms with Crippen molar-refractivity contribution in [1.29, 1.82) is 0 Å². The number of aliphatic hydroxyl groups excluding tert-OH is 1.